The molecule has 0 unspecified atom stereocenters. The highest BCUT2D eigenvalue weighted by molar-refractivity contribution is 6.05. The number of hydrogen-bond donors (Lipinski definition) is 3. The van der Waals surface area contributed by atoms with E-state index in [1.165, 1.54) is 6.20 Å². The quantitative estimate of drug-likeness (QED) is 0.414. The van der Waals surface area contributed by atoms with Crippen molar-refractivity contribution >= 4 is 11.7 Å². The summed E-state index contributed by atoms with van der Waals surface area (Å²) in [6.07, 6.45) is 1.38. The molecule has 0 saturated heterocycles. The average molecular weight is 181 g/mol. The molecule has 0 aromatic heterocycles. The van der Waals surface area contributed by atoms with Crippen LogP contribution in [0.3, 0.4) is 0 Å². The third-order valence-corrected chi connectivity index (χ3v) is 1.13. The first kappa shape index (κ1) is 11.2. The monoisotopic (exact) mass is 181 g/mol. The molecule has 0 fully saturated rings. The molecule has 0 amide bonds. The van der Waals surface area contributed by atoms with Gasteiger partial charge in [-0.05, 0) is 13.8 Å². The van der Waals surface area contributed by atoms with E-state index in [9.17, 15) is 0 Å². The van der Waals surface area contributed by atoms with E-state index >= 15 is 0 Å². The fourth-order valence-electron chi connectivity index (χ4n) is 0.579. The van der Waals surface area contributed by atoms with E-state index in [4.69, 9.17) is 17.2 Å². The summed E-state index contributed by atoms with van der Waals surface area (Å²) in [7, 11) is 0. The first-order chi connectivity index (χ1) is 5.97. The standard InChI is InChI=1S/C8H15N5/c1-5(4-9)8(12-6(2)10)13-7(3)11/h4H,2,9-10H2,1,3H3,(H2,11,12,13). The molecule has 0 atom stereocenters. The molecule has 13 heavy (non-hydrogen) atoms. The molecule has 0 saturated carbocycles. The van der Waals surface area contributed by atoms with Crippen molar-refractivity contribution in [3.63, 3.8) is 0 Å². The van der Waals surface area contributed by atoms with E-state index in [2.05, 4.69) is 16.6 Å². The maximum absolute atomic E-state index is 5.39. The molecule has 5 nitrogen and oxygen atoms in total. The lowest BCUT2D eigenvalue weighted by Crippen LogP contribution is -2.11. The van der Waals surface area contributed by atoms with Crippen molar-refractivity contribution in [3.05, 3.63) is 24.2 Å². The van der Waals surface area contributed by atoms with Crippen molar-refractivity contribution in [2.45, 2.75) is 13.8 Å². The van der Waals surface area contributed by atoms with Gasteiger partial charge in [-0.1, -0.05) is 6.58 Å². The smallest absolute Gasteiger partial charge is 0.160 e. The van der Waals surface area contributed by atoms with Crippen LogP contribution in [0.15, 0.2) is 34.2 Å². The molecule has 0 aromatic rings. The van der Waals surface area contributed by atoms with Gasteiger partial charge in [0, 0.05) is 11.8 Å². The number of amidine groups is 2. The van der Waals surface area contributed by atoms with Gasteiger partial charge in [-0.25, -0.2) is 9.98 Å². The minimum absolute atomic E-state index is 0.168. The zero-order valence-electron chi connectivity index (χ0n) is 7.91. The highest BCUT2D eigenvalue weighted by Gasteiger charge is 1.99. The molecule has 72 valence electrons. The Morgan fingerprint density at radius 1 is 1.23 bits per heavy atom. The summed E-state index contributed by atoms with van der Waals surface area (Å²) in [6, 6.07) is 0. The van der Waals surface area contributed by atoms with Crippen LogP contribution in [0.1, 0.15) is 13.8 Å². The fourth-order valence-corrected chi connectivity index (χ4v) is 0.579. The zero-order chi connectivity index (χ0) is 10.4. The van der Waals surface area contributed by atoms with E-state index in [0.29, 0.717) is 17.2 Å². The minimum Gasteiger partial charge on any atom is -0.404 e. The molecule has 0 aliphatic heterocycles. The van der Waals surface area contributed by atoms with Crippen LogP contribution in [0.4, 0.5) is 0 Å². The molecular formula is C8H15N5. The Hall–Kier alpha value is -1.78. The number of nitrogens with zero attached hydrogens (tertiary/aromatic N) is 2. The Labute approximate surface area is 77.7 Å². The van der Waals surface area contributed by atoms with Gasteiger partial charge in [-0.15, -0.1) is 0 Å². The van der Waals surface area contributed by atoms with Crippen LogP contribution in [-0.2, 0) is 0 Å². The topological polar surface area (TPSA) is 103 Å². The molecule has 0 rings (SSSR count). The van der Waals surface area contributed by atoms with Gasteiger partial charge in [0.05, 0.1) is 5.84 Å². The fraction of sp³-hybridized carbons (Fsp3) is 0.250. The Morgan fingerprint density at radius 3 is 2.08 bits per heavy atom. The van der Waals surface area contributed by atoms with E-state index in [-0.39, 0.29) is 5.82 Å². The average Bonchev–Trinajstić information content (AvgIpc) is 2.00. The molecule has 0 heterocycles. The molecular weight excluding hydrogens is 166 g/mol. The van der Waals surface area contributed by atoms with Crippen molar-refractivity contribution in [2.24, 2.45) is 27.2 Å². The van der Waals surface area contributed by atoms with E-state index in [1.54, 1.807) is 13.8 Å². The molecule has 0 aliphatic rings. The highest BCUT2D eigenvalue weighted by Crippen LogP contribution is 1.99. The molecule has 0 spiro atoms. The molecule has 0 aliphatic carbocycles. The van der Waals surface area contributed by atoms with E-state index in [0.717, 1.165) is 0 Å². The van der Waals surface area contributed by atoms with E-state index < -0.39 is 0 Å². The van der Waals surface area contributed by atoms with Gasteiger partial charge in [0.15, 0.2) is 5.84 Å². The van der Waals surface area contributed by atoms with Gasteiger partial charge in [-0.3, -0.25) is 0 Å². The molecule has 0 bridgehead atoms. The summed E-state index contributed by atoms with van der Waals surface area (Å²) in [5.74, 6) is 0.942. The van der Waals surface area contributed by atoms with Gasteiger partial charge in [0.25, 0.3) is 0 Å². The second kappa shape index (κ2) is 4.97. The number of rotatable bonds is 2. The van der Waals surface area contributed by atoms with E-state index in [1.807, 2.05) is 0 Å². The SMILES string of the molecule is C=C(N)N=C(N=C(C)N)C(C)=CN. The van der Waals surface area contributed by atoms with Crippen LogP contribution >= 0.6 is 0 Å². The van der Waals surface area contributed by atoms with Crippen LogP contribution in [0.5, 0.6) is 0 Å². The predicted molar refractivity (Wildman–Crippen MR) is 56.0 cm³/mol. The maximum atomic E-state index is 5.39. The predicted octanol–water partition coefficient (Wildman–Crippen LogP) is 0.0544. The lowest BCUT2D eigenvalue weighted by Gasteiger charge is -2.00. The van der Waals surface area contributed by atoms with Crippen molar-refractivity contribution in [2.75, 3.05) is 0 Å². The largest absolute Gasteiger partial charge is 0.404 e. The Kier molecular flexibility index (Phi) is 4.29. The summed E-state index contributed by atoms with van der Waals surface area (Å²) < 4.78 is 0. The van der Waals surface area contributed by atoms with Gasteiger partial charge in [0.2, 0.25) is 0 Å². The number of aliphatic imine (C=N–C) groups is 2. The van der Waals surface area contributed by atoms with Crippen molar-refractivity contribution in [1.29, 1.82) is 0 Å². The summed E-state index contributed by atoms with van der Waals surface area (Å²) in [5, 5.41) is 0. The second-order valence-electron chi connectivity index (χ2n) is 2.53. The Bertz CT molecular complexity index is 281. The van der Waals surface area contributed by atoms with Crippen molar-refractivity contribution in [3.8, 4) is 0 Å². The Morgan fingerprint density at radius 2 is 1.77 bits per heavy atom. The van der Waals surface area contributed by atoms with Gasteiger partial charge in [0.1, 0.15) is 5.82 Å². The zero-order valence-corrected chi connectivity index (χ0v) is 7.91. The summed E-state index contributed by atoms with van der Waals surface area (Å²) in [6.45, 7) is 6.84. The number of hydrogen-bond acceptors (Lipinski definition) is 3. The first-order valence-electron chi connectivity index (χ1n) is 3.70. The van der Waals surface area contributed by atoms with Crippen LogP contribution in [-0.4, -0.2) is 11.7 Å². The van der Waals surface area contributed by atoms with Crippen LogP contribution in [0, 0.1) is 0 Å². The second-order valence-corrected chi connectivity index (χ2v) is 2.53. The van der Waals surface area contributed by atoms with Crippen LogP contribution in [0.2, 0.25) is 0 Å². The van der Waals surface area contributed by atoms with Gasteiger partial charge in [-0.2, -0.15) is 0 Å². The molecule has 0 radical (unpaired) electrons. The minimum atomic E-state index is 0.168. The van der Waals surface area contributed by atoms with Gasteiger partial charge >= 0.3 is 0 Å². The molecule has 5 heteroatoms. The summed E-state index contributed by atoms with van der Waals surface area (Å²) in [5.41, 5.74) is 16.7. The molecule has 6 N–H and O–H groups in total. The highest BCUT2D eigenvalue weighted by atomic mass is 15.0. The first-order valence-corrected chi connectivity index (χ1v) is 3.70. The summed E-state index contributed by atoms with van der Waals surface area (Å²) in [4.78, 5) is 7.82. The maximum Gasteiger partial charge on any atom is 0.160 e. The van der Waals surface area contributed by atoms with Gasteiger partial charge < -0.3 is 17.2 Å². The number of nitrogens with two attached hydrogens (primary N) is 3. The summed E-state index contributed by atoms with van der Waals surface area (Å²) >= 11 is 0. The van der Waals surface area contributed by atoms with Crippen LogP contribution in [0.25, 0.3) is 0 Å². The Balaban J connectivity index is 4.99. The lowest BCUT2D eigenvalue weighted by molar-refractivity contribution is 1.23. The van der Waals surface area contributed by atoms with Crippen molar-refractivity contribution in [1.82, 2.24) is 0 Å². The normalized spacial score (nSPS) is 14.5. The third-order valence-electron chi connectivity index (χ3n) is 1.13. The third kappa shape index (κ3) is 4.62. The molecule has 0 aromatic carbocycles. The van der Waals surface area contributed by atoms with Crippen molar-refractivity contribution < 1.29 is 0 Å². The lowest BCUT2D eigenvalue weighted by atomic mass is 10.3. The van der Waals surface area contributed by atoms with Crippen LogP contribution < -0.4 is 17.2 Å².